The summed E-state index contributed by atoms with van der Waals surface area (Å²) in [7, 11) is 0. The van der Waals surface area contributed by atoms with Crippen LogP contribution in [0.2, 0.25) is 0 Å². The van der Waals surface area contributed by atoms with E-state index < -0.39 is 0 Å². The minimum Gasteiger partial charge on any atom is -0.446 e. The fourth-order valence-electron chi connectivity index (χ4n) is 1.29. The molecule has 1 aromatic heterocycles. The molecule has 1 rings (SSSR count). The zero-order valence-electron chi connectivity index (χ0n) is 9.26. The molecule has 1 heterocycles. The van der Waals surface area contributed by atoms with Crippen molar-refractivity contribution in [3.8, 4) is 0 Å². The van der Waals surface area contributed by atoms with E-state index in [0.29, 0.717) is 0 Å². The van der Waals surface area contributed by atoms with Gasteiger partial charge in [0.15, 0.2) is 5.88 Å². The van der Waals surface area contributed by atoms with Crippen LogP contribution in [0.25, 0.3) is 0 Å². The van der Waals surface area contributed by atoms with E-state index in [1.165, 1.54) is 0 Å². The van der Waals surface area contributed by atoms with Gasteiger partial charge in [-0.1, -0.05) is 0 Å². The summed E-state index contributed by atoms with van der Waals surface area (Å²) in [5, 5.41) is 3.22. The molecule has 0 unspecified atom stereocenters. The number of nitrogens with one attached hydrogen (secondary N) is 1. The third-order valence-electron chi connectivity index (χ3n) is 2.04. The second-order valence-corrected chi connectivity index (χ2v) is 4.43. The molecule has 80 valence electrons. The van der Waals surface area contributed by atoms with Crippen molar-refractivity contribution in [2.45, 2.75) is 39.2 Å². The Bertz CT molecular complexity index is 273. The van der Waals surface area contributed by atoms with Crippen molar-refractivity contribution in [2.24, 2.45) is 5.73 Å². The van der Waals surface area contributed by atoms with Crippen LogP contribution >= 0.6 is 0 Å². The molecule has 0 fully saturated rings. The molecule has 3 nitrogen and oxygen atoms in total. The first-order valence-corrected chi connectivity index (χ1v) is 5.06. The fourth-order valence-corrected chi connectivity index (χ4v) is 1.29. The van der Waals surface area contributed by atoms with Gasteiger partial charge in [0.05, 0.1) is 0 Å². The lowest BCUT2D eigenvalue weighted by Crippen LogP contribution is -2.32. The molecule has 0 spiro atoms. The van der Waals surface area contributed by atoms with Crippen LogP contribution in [0.15, 0.2) is 16.5 Å². The summed E-state index contributed by atoms with van der Waals surface area (Å²) < 4.78 is 5.37. The molecule has 3 heteroatoms. The first kappa shape index (κ1) is 11.1. The average molecular weight is 196 g/mol. The molecule has 14 heavy (non-hydrogen) atoms. The summed E-state index contributed by atoms with van der Waals surface area (Å²) in [6, 6.07) is 3.90. The molecule has 0 saturated heterocycles. The van der Waals surface area contributed by atoms with Crippen molar-refractivity contribution in [2.75, 3.05) is 11.9 Å². The zero-order chi connectivity index (χ0) is 10.6. The Balaban J connectivity index is 2.16. The summed E-state index contributed by atoms with van der Waals surface area (Å²) in [6.45, 7) is 6.94. The van der Waals surface area contributed by atoms with E-state index in [9.17, 15) is 0 Å². The maximum absolute atomic E-state index is 5.87. The van der Waals surface area contributed by atoms with Gasteiger partial charge >= 0.3 is 0 Å². The van der Waals surface area contributed by atoms with E-state index in [0.717, 1.165) is 31.0 Å². The van der Waals surface area contributed by atoms with Crippen molar-refractivity contribution >= 4 is 5.88 Å². The first-order chi connectivity index (χ1) is 6.47. The number of hydrogen-bond acceptors (Lipinski definition) is 3. The smallest absolute Gasteiger partial charge is 0.193 e. The zero-order valence-corrected chi connectivity index (χ0v) is 9.26. The van der Waals surface area contributed by atoms with Gasteiger partial charge in [-0.25, -0.2) is 0 Å². The Hall–Kier alpha value is -0.960. The molecule has 1 aromatic rings. The van der Waals surface area contributed by atoms with Crippen LogP contribution in [0.5, 0.6) is 0 Å². The number of furan rings is 1. The van der Waals surface area contributed by atoms with Crippen LogP contribution in [0.4, 0.5) is 5.88 Å². The van der Waals surface area contributed by atoms with Crippen molar-refractivity contribution in [1.82, 2.24) is 0 Å². The summed E-state index contributed by atoms with van der Waals surface area (Å²) >= 11 is 0. The van der Waals surface area contributed by atoms with Gasteiger partial charge in [-0.15, -0.1) is 0 Å². The first-order valence-electron chi connectivity index (χ1n) is 5.06. The van der Waals surface area contributed by atoms with E-state index in [-0.39, 0.29) is 5.54 Å². The topological polar surface area (TPSA) is 51.2 Å². The van der Waals surface area contributed by atoms with E-state index in [4.69, 9.17) is 10.2 Å². The number of rotatable bonds is 5. The molecule has 0 bridgehead atoms. The van der Waals surface area contributed by atoms with Crippen molar-refractivity contribution < 1.29 is 4.42 Å². The Labute approximate surface area is 85.7 Å². The predicted octanol–water partition coefficient (Wildman–Crippen LogP) is 2.52. The molecule has 0 saturated carbocycles. The number of hydrogen-bond donors (Lipinski definition) is 2. The van der Waals surface area contributed by atoms with Crippen LogP contribution in [0.1, 0.15) is 32.4 Å². The second-order valence-electron chi connectivity index (χ2n) is 4.43. The highest BCUT2D eigenvalue weighted by atomic mass is 16.4. The highest BCUT2D eigenvalue weighted by Crippen LogP contribution is 2.12. The van der Waals surface area contributed by atoms with Gasteiger partial charge in [0.2, 0.25) is 0 Å². The van der Waals surface area contributed by atoms with Gasteiger partial charge in [0.1, 0.15) is 5.76 Å². The highest BCUT2D eigenvalue weighted by Gasteiger charge is 2.09. The van der Waals surface area contributed by atoms with Crippen LogP contribution in [-0.2, 0) is 0 Å². The molecule has 0 radical (unpaired) electrons. The molecule has 0 atom stereocenters. The van der Waals surface area contributed by atoms with E-state index in [1.54, 1.807) is 0 Å². The monoisotopic (exact) mass is 196 g/mol. The molecular weight excluding hydrogens is 176 g/mol. The maximum Gasteiger partial charge on any atom is 0.193 e. The van der Waals surface area contributed by atoms with Crippen LogP contribution in [0, 0.1) is 6.92 Å². The highest BCUT2D eigenvalue weighted by molar-refractivity contribution is 5.31. The Morgan fingerprint density at radius 1 is 1.43 bits per heavy atom. The average Bonchev–Trinajstić information content (AvgIpc) is 2.44. The number of anilines is 1. The molecule has 0 aliphatic heterocycles. The Morgan fingerprint density at radius 2 is 2.14 bits per heavy atom. The predicted molar refractivity (Wildman–Crippen MR) is 59.4 cm³/mol. The maximum atomic E-state index is 5.87. The number of aryl methyl sites for hydroxylation is 1. The van der Waals surface area contributed by atoms with Gasteiger partial charge < -0.3 is 15.5 Å². The third-order valence-corrected chi connectivity index (χ3v) is 2.04. The lowest BCUT2D eigenvalue weighted by Gasteiger charge is -2.17. The van der Waals surface area contributed by atoms with Crippen LogP contribution in [0.3, 0.4) is 0 Å². The van der Waals surface area contributed by atoms with Crippen LogP contribution < -0.4 is 11.1 Å². The molecular formula is C11H20N2O. The SMILES string of the molecule is Cc1ccc(NCCCC(C)(C)N)o1. The van der Waals surface area contributed by atoms with Gasteiger partial charge in [-0.3, -0.25) is 0 Å². The van der Waals surface area contributed by atoms with Gasteiger partial charge in [0.25, 0.3) is 0 Å². The summed E-state index contributed by atoms with van der Waals surface area (Å²) in [5.41, 5.74) is 5.80. The standard InChI is InChI=1S/C11H20N2O/c1-9-5-6-10(14-9)13-8-4-7-11(2,3)12/h5-6,13H,4,7-8,12H2,1-3H3. The quantitative estimate of drug-likeness (QED) is 0.711. The molecule has 0 aliphatic rings. The number of nitrogens with two attached hydrogens (primary N) is 1. The fraction of sp³-hybridized carbons (Fsp3) is 0.636. The molecule has 0 aliphatic carbocycles. The van der Waals surface area contributed by atoms with E-state index in [1.807, 2.05) is 32.9 Å². The van der Waals surface area contributed by atoms with Crippen molar-refractivity contribution in [1.29, 1.82) is 0 Å². The van der Waals surface area contributed by atoms with E-state index >= 15 is 0 Å². The minimum atomic E-state index is -0.0687. The largest absolute Gasteiger partial charge is 0.446 e. The Kier molecular flexibility index (Phi) is 3.58. The summed E-state index contributed by atoms with van der Waals surface area (Å²) in [6.07, 6.45) is 2.07. The van der Waals surface area contributed by atoms with Crippen LogP contribution in [-0.4, -0.2) is 12.1 Å². The van der Waals surface area contributed by atoms with Gasteiger partial charge in [-0.2, -0.15) is 0 Å². The lowest BCUT2D eigenvalue weighted by atomic mass is 10.0. The molecule has 0 aromatic carbocycles. The third kappa shape index (κ3) is 4.33. The van der Waals surface area contributed by atoms with Gasteiger partial charge in [0, 0.05) is 18.2 Å². The normalized spacial score (nSPS) is 11.7. The lowest BCUT2D eigenvalue weighted by molar-refractivity contribution is 0.463. The van der Waals surface area contributed by atoms with Gasteiger partial charge in [-0.05, 0) is 39.7 Å². The van der Waals surface area contributed by atoms with E-state index in [2.05, 4.69) is 5.32 Å². The van der Waals surface area contributed by atoms with Crippen molar-refractivity contribution in [3.05, 3.63) is 17.9 Å². The Morgan fingerprint density at radius 3 is 2.64 bits per heavy atom. The summed E-state index contributed by atoms with van der Waals surface area (Å²) in [5.74, 6) is 1.78. The summed E-state index contributed by atoms with van der Waals surface area (Å²) in [4.78, 5) is 0. The minimum absolute atomic E-state index is 0.0687. The second kappa shape index (κ2) is 4.51. The van der Waals surface area contributed by atoms with Crippen molar-refractivity contribution in [3.63, 3.8) is 0 Å². The molecule has 0 amide bonds. The molecule has 3 N–H and O–H groups in total.